The molecule has 8 nitrogen and oxygen atoms in total. The summed E-state index contributed by atoms with van der Waals surface area (Å²) >= 11 is 0. The molecule has 0 aromatic carbocycles. The first-order chi connectivity index (χ1) is 9.85. The molecule has 0 bridgehead atoms. The van der Waals surface area contributed by atoms with Crippen LogP contribution in [-0.2, 0) is 10.2 Å². The summed E-state index contributed by atoms with van der Waals surface area (Å²) < 4.78 is 6.01. The van der Waals surface area contributed by atoms with E-state index in [4.69, 9.17) is 0 Å². The highest BCUT2D eigenvalue weighted by molar-refractivity contribution is 5.84. The van der Waals surface area contributed by atoms with Crippen LogP contribution in [0, 0.1) is 0 Å². The number of methoxy groups -OCH3 is 1. The van der Waals surface area contributed by atoms with Crippen molar-refractivity contribution in [3.63, 3.8) is 0 Å². The van der Waals surface area contributed by atoms with Gasteiger partial charge in [0, 0.05) is 18.5 Å². The van der Waals surface area contributed by atoms with Crippen LogP contribution in [0.4, 0.5) is 5.82 Å². The third kappa shape index (κ3) is 3.15. The van der Waals surface area contributed by atoms with Gasteiger partial charge in [-0.25, -0.2) is 24.4 Å². The molecule has 2 rings (SSSR count). The molecule has 0 atom stereocenters. The molecule has 0 fully saturated rings. The average molecular weight is 290 g/mol. The van der Waals surface area contributed by atoms with Crippen molar-refractivity contribution in [2.75, 3.05) is 19.5 Å². The van der Waals surface area contributed by atoms with Crippen LogP contribution < -0.4 is 5.32 Å². The second kappa shape index (κ2) is 5.47. The topological polar surface area (TPSA) is 94.8 Å². The predicted molar refractivity (Wildman–Crippen MR) is 76.5 cm³/mol. The zero-order valence-electron chi connectivity index (χ0n) is 12.7. The molecule has 8 heteroatoms. The van der Waals surface area contributed by atoms with Crippen molar-refractivity contribution in [1.29, 1.82) is 0 Å². The van der Waals surface area contributed by atoms with Gasteiger partial charge >= 0.3 is 5.97 Å². The highest BCUT2D eigenvalue weighted by Crippen LogP contribution is 2.21. The van der Waals surface area contributed by atoms with Crippen molar-refractivity contribution in [1.82, 2.24) is 24.7 Å². The van der Waals surface area contributed by atoms with E-state index in [1.165, 1.54) is 18.1 Å². The quantitative estimate of drug-likeness (QED) is 0.848. The molecule has 0 spiro atoms. The van der Waals surface area contributed by atoms with Crippen LogP contribution in [0.3, 0.4) is 0 Å². The van der Waals surface area contributed by atoms with E-state index in [1.807, 2.05) is 20.8 Å². The van der Waals surface area contributed by atoms with Crippen LogP contribution in [0.1, 0.15) is 37.2 Å². The lowest BCUT2D eigenvalue weighted by Gasteiger charge is -2.18. The van der Waals surface area contributed by atoms with Gasteiger partial charge in [0.2, 0.25) is 0 Å². The molecule has 0 saturated heterocycles. The average Bonchev–Trinajstić information content (AvgIpc) is 2.94. The smallest absolute Gasteiger partial charge is 0.377 e. The number of rotatable bonds is 3. The molecular formula is C13H18N6O2. The summed E-state index contributed by atoms with van der Waals surface area (Å²) in [5.74, 6) is 1.26. The zero-order valence-corrected chi connectivity index (χ0v) is 12.7. The first-order valence-corrected chi connectivity index (χ1v) is 6.43. The van der Waals surface area contributed by atoms with E-state index in [1.54, 1.807) is 13.1 Å². The van der Waals surface area contributed by atoms with E-state index in [9.17, 15) is 4.79 Å². The highest BCUT2D eigenvalue weighted by Gasteiger charge is 2.20. The van der Waals surface area contributed by atoms with Crippen molar-refractivity contribution in [2.24, 2.45) is 0 Å². The normalized spacial score (nSPS) is 11.3. The van der Waals surface area contributed by atoms with Gasteiger partial charge in [-0.2, -0.15) is 0 Å². The van der Waals surface area contributed by atoms with Gasteiger partial charge in [0.15, 0.2) is 5.82 Å². The van der Waals surface area contributed by atoms with Gasteiger partial charge in [-0.3, -0.25) is 0 Å². The third-order valence-electron chi connectivity index (χ3n) is 2.73. The van der Waals surface area contributed by atoms with Crippen molar-refractivity contribution in [3.05, 3.63) is 24.0 Å². The summed E-state index contributed by atoms with van der Waals surface area (Å²) in [4.78, 5) is 24.2. The standard InChI is InChI=1S/C13H18N6O2/c1-13(2,3)12-16-8(14-4)6-9(17-12)19-7-15-10(18-19)11(20)21-5/h6-7H,1-5H3,(H,14,16,17). The van der Waals surface area contributed by atoms with E-state index in [0.717, 1.165) is 0 Å². The summed E-state index contributed by atoms with van der Waals surface area (Å²) in [6.45, 7) is 6.06. The number of hydrogen-bond acceptors (Lipinski definition) is 7. The maximum Gasteiger partial charge on any atom is 0.377 e. The van der Waals surface area contributed by atoms with Crippen LogP contribution in [-0.4, -0.2) is 44.9 Å². The van der Waals surface area contributed by atoms with Crippen LogP contribution in [0.2, 0.25) is 0 Å². The Balaban J connectivity index is 2.48. The maximum absolute atomic E-state index is 11.4. The second-order valence-electron chi connectivity index (χ2n) is 5.44. The van der Waals surface area contributed by atoms with E-state index in [-0.39, 0.29) is 11.2 Å². The summed E-state index contributed by atoms with van der Waals surface area (Å²) in [6, 6.07) is 1.73. The lowest BCUT2D eigenvalue weighted by molar-refractivity contribution is 0.0587. The molecule has 0 saturated carbocycles. The van der Waals surface area contributed by atoms with Gasteiger partial charge < -0.3 is 10.1 Å². The van der Waals surface area contributed by atoms with Crippen molar-refractivity contribution in [2.45, 2.75) is 26.2 Å². The molecule has 21 heavy (non-hydrogen) atoms. The largest absolute Gasteiger partial charge is 0.463 e. The number of esters is 1. The number of aromatic nitrogens is 5. The summed E-state index contributed by atoms with van der Waals surface area (Å²) in [7, 11) is 3.06. The first-order valence-electron chi connectivity index (χ1n) is 6.43. The summed E-state index contributed by atoms with van der Waals surface area (Å²) in [5.41, 5.74) is -0.215. The molecule has 0 aliphatic carbocycles. The minimum absolute atomic E-state index is 0.0144. The lowest BCUT2D eigenvalue weighted by Crippen LogP contribution is -2.18. The molecule has 1 N–H and O–H groups in total. The monoisotopic (exact) mass is 290 g/mol. The van der Waals surface area contributed by atoms with Crippen LogP contribution in [0.5, 0.6) is 0 Å². The molecule has 2 aromatic rings. The number of carbonyl (C=O) groups excluding carboxylic acids is 1. The van der Waals surface area contributed by atoms with Gasteiger partial charge in [-0.15, -0.1) is 5.10 Å². The fraction of sp³-hybridized carbons (Fsp3) is 0.462. The molecular weight excluding hydrogens is 272 g/mol. The van der Waals surface area contributed by atoms with Crippen LogP contribution in [0.25, 0.3) is 5.82 Å². The Morgan fingerprint density at radius 1 is 1.33 bits per heavy atom. The summed E-state index contributed by atoms with van der Waals surface area (Å²) in [5, 5.41) is 7.05. The van der Waals surface area contributed by atoms with Gasteiger partial charge in [-0.1, -0.05) is 20.8 Å². The SMILES string of the molecule is CNc1cc(-n2cnc(C(=O)OC)n2)nc(C(C)(C)C)n1. The fourth-order valence-electron chi connectivity index (χ4n) is 1.57. The number of nitrogens with zero attached hydrogens (tertiary/aromatic N) is 5. The Morgan fingerprint density at radius 3 is 2.62 bits per heavy atom. The van der Waals surface area contributed by atoms with E-state index >= 15 is 0 Å². The number of carbonyl (C=O) groups is 1. The van der Waals surface area contributed by atoms with Gasteiger partial charge in [-0.05, 0) is 0 Å². The lowest BCUT2D eigenvalue weighted by atomic mass is 9.96. The van der Waals surface area contributed by atoms with E-state index in [0.29, 0.717) is 17.5 Å². The Morgan fingerprint density at radius 2 is 2.05 bits per heavy atom. The third-order valence-corrected chi connectivity index (χ3v) is 2.73. The van der Waals surface area contributed by atoms with Crippen molar-refractivity contribution < 1.29 is 9.53 Å². The minimum Gasteiger partial charge on any atom is -0.463 e. The van der Waals surface area contributed by atoms with Crippen molar-refractivity contribution >= 4 is 11.8 Å². The van der Waals surface area contributed by atoms with E-state index in [2.05, 4.69) is 30.1 Å². The fourth-order valence-corrected chi connectivity index (χ4v) is 1.57. The van der Waals surface area contributed by atoms with Crippen LogP contribution in [0.15, 0.2) is 12.4 Å². The first kappa shape index (κ1) is 14.9. The summed E-state index contributed by atoms with van der Waals surface area (Å²) in [6.07, 6.45) is 1.42. The Hall–Kier alpha value is -2.51. The molecule has 2 aromatic heterocycles. The molecule has 112 valence electrons. The van der Waals surface area contributed by atoms with Gasteiger partial charge in [0.25, 0.3) is 5.82 Å². The second-order valence-corrected chi connectivity index (χ2v) is 5.44. The molecule has 0 amide bonds. The number of hydrogen-bond donors (Lipinski definition) is 1. The Labute approximate surface area is 122 Å². The van der Waals surface area contributed by atoms with Crippen LogP contribution >= 0.6 is 0 Å². The van der Waals surface area contributed by atoms with E-state index < -0.39 is 5.97 Å². The number of nitrogens with one attached hydrogen (secondary N) is 1. The van der Waals surface area contributed by atoms with Gasteiger partial charge in [0.05, 0.1) is 7.11 Å². The molecule has 0 aliphatic rings. The van der Waals surface area contributed by atoms with Gasteiger partial charge in [0.1, 0.15) is 18.0 Å². The van der Waals surface area contributed by atoms with Crippen molar-refractivity contribution in [3.8, 4) is 5.82 Å². The Kier molecular flexibility index (Phi) is 3.88. The molecule has 0 radical (unpaired) electrons. The Bertz CT molecular complexity index is 659. The molecule has 2 heterocycles. The zero-order chi connectivity index (χ0) is 15.6. The number of anilines is 1. The maximum atomic E-state index is 11.4. The number of ether oxygens (including phenoxy) is 1. The minimum atomic E-state index is -0.590. The molecule has 0 unspecified atom stereocenters. The molecule has 0 aliphatic heterocycles. The predicted octanol–water partition coefficient (Wildman–Crippen LogP) is 1.18. The highest BCUT2D eigenvalue weighted by atomic mass is 16.5.